The van der Waals surface area contributed by atoms with E-state index in [0.717, 1.165) is 0 Å². The van der Waals surface area contributed by atoms with Gasteiger partial charge in [0, 0.05) is 17.7 Å². The fourth-order valence-electron chi connectivity index (χ4n) is 3.43. The molecule has 0 N–H and O–H groups in total. The Morgan fingerprint density at radius 3 is 2.55 bits per heavy atom. The maximum atomic E-state index is 12.8. The zero-order valence-corrected chi connectivity index (χ0v) is 18.3. The number of carbonyl (C=O) groups is 1. The number of ether oxygens (including phenoxy) is 2. The maximum Gasteiger partial charge on any atom is 0.311 e. The van der Waals surface area contributed by atoms with Crippen LogP contribution in [0.3, 0.4) is 0 Å². The Kier molecular flexibility index (Phi) is 6.96. The largest absolute Gasteiger partial charge is 0.457 e. The molecule has 3 atom stereocenters. The van der Waals surface area contributed by atoms with Gasteiger partial charge in [-0.3, -0.25) is 4.79 Å². The highest BCUT2D eigenvalue weighted by atomic mass is 16.6. The van der Waals surface area contributed by atoms with Crippen molar-refractivity contribution in [1.82, 2.24) is 0 Å². The van der Waals surface area contributed by atoms with Gasteiger partial charge in [-0.15, -0.1) is 0 Å². The second kappa shape index (κ2) is 9.65. The Morgan fingerprint density at radius 1 is 1.16 bits per heavy atom. The van der Waals surface area contributed by atoms with Crippen molar-refractivity contribution in [2.45, 2.75) is 33.8 Å². The van der Waals surface area contributed by atoms with Crippen molar-refractivity contribution in [3.05, 3.63) is 60.2 Å². The molecule has 1 aliphatic carbocycles. The SMILES string of the molecule is CC(C)CON=C[C@H]1[C@@H](C(=O)OC(C#N)c2cccc(Oc3ccccc3)c2)C1(C)C. The van der Waals surface area contributed by atoms with E-state index in [2.05, 4.69) is 11.2 Å². The van der Waals surface area contributed by atoms with Crippen LogP contribution in [0.4, 0.5) is 0 Å². The lowest BCUT2D eigenvalue weighted by Crippen LogP contribution is -2.14. The molecule has 162 valence electrons. The van der Waals surface area contributed by atoms with Gasteiger partial charge in [-0.25, -0.2) is 0 Å². The van der Waals surface area contributed by atoms with E-state index in [4.69, 9.17) is 14.3 Å². The van der Waals surface area contributed by atoms with E-state index >= 15 is 0 Å². The van der Waals surface area contributed by atoms with Gasteiger partial charge < -0.3 is 14.3 Å². The number of oxime groups is 1. The van der Waals surface area contributed by atoms with Crippen molar-refractivity contribution < 1.29 is 19.1 Å². The van der Waals surface area contributed by atoms with Crippen LogP contribution < -0.4 is 4.74 Å². The highest BCUT2D eigenvalue weighted by Gasteiger charge is 2.62. The minimum Gasteiger partial charge on any atom is -0.457 e. The van der Waals surface area contributed by atoms with E-state index < -0.39 is 12.1 Å². The second-order valence-corrected chi connectivity index (χ2v) is 8.70. The van der Waals surface area contributed by atoms with E-state index in [1.165, 1.54) is 0 Å². The number of carbonyl (C=O) groups excluding carboxylic acids is 1. The third-order valence-corrected chi connectivity index (χ3v) is 5.36. The molecule has 2 aromatic rings. The number of nitriles is 1. The lowest BCUT2D eigenvalue weighted by atomic mass is 10.1. The van der Waals surface area contributed by atoms with E-state index in [9.17, 15) is 10.1 Å². The van der Waals surface area contributed by atoms with Crippen LogP contribution in [-0.2, 0) is 14.4 Å². The van der Waals surface area contributed by atoms with Gasteiger partial charge in [0.1, 0.15) is 24.2 Å². The smallest absolute Gasteiger partial charge is 0.311 e. The van der Waals surface area contributed by atoms with Crippen LogP contribution >= 0.6 is 0 Å². The Morgan fingerprint density at radius 2 is 1.87 bits per heavy atom. The molecule has 0 bridgehead atoms. The lowest BCUT2D eigenvalue weighted by Gasteiger charge is -2.13. The molecule has 6 heteroatoms. The molecule has 31 heavy (non-hydrogen) atoms. The maximum absolute atomic E-state index is 12.8. The number of esters is 1. The van der Waals surface area contributed by atoms with Gasteiger partial charge in [0.15, 0.2) is 0 Å². The summed E-state index contributed by atoms with van der Waals surface area (Å²) < 4.78 is 11.4. The van der Waals surface area contributed by atoms with Crippen LogP contribution in [0.5, 0.6) is 11.5 Å². The first-order valence-electron chi connectivity index (χ1n) is 10.4. The summed E-state index contributed by atoms with van der Waals surface area (Å²) in [6.45, 7) is 8.57. The topological polar surface area (TPSA) is 80.9 Å². The second-order valence-electron chi connectivity index (χ2n) is 8.70. The summed E-state index contributed by atoms with van der Waals surface area (Å²) in [6, 6.07) is 18.4. The number of para-hydroxylation sites is 1. The van der Waals surface area contributed by atoms with Gasteiger partial charge in [-0.2, -0.15) is 5.26 Å². The zero-order chi connectivity index (χ0) is 22.4. The third kappa shape index (κ3) is 5.64. The van der Waals surface area contributed by atoms with Crippen LogP contribution in [0.15, 0.2) is 59.8 Å². The predicted octanol–water partition coefficient (Wildman–Crippen LogP) is 5.52. The molecule has 0 amide bonds. The lowest BCUT2D eigenvalue weighted by molar-refractivity contribution is -0.149. The fraction of sp³-hybridized carbons (Fsp3) is 0.400. The molecular formula is C25H28N2O4. The molecule has 0 radical (unpaired) electrons. The van der Waals surface area contributed by atoms with Crippen LogP contribution in [0.2, 0.25) is 0 Å². The summed E-state index contributed by atoms with van der Waals surface area (Å²) in [4.78, 5) is 18.0. The van der Waals surface area contributed by atoms with E-state index in [-0.39, 0.29) is 17.3 Å². The molecule has 1 aliphatic rings. The Hall–Kier alpha value is -3.33. The van der Waals surface area contributed by atoms with Gasteiger partial charge in [0.25, 0.3) is 0 Å². The summed E-state index contributed by atoms with van der Waals surface area (Å²) in [5, 5.41) is 13.6. The Labute approximate surface area is 183 Å². The minimum absolute atomic E-state index is 0.0840. The van der Waals surface area contributed by atoms with Crippen LogP contribution in [0.25, 0.3) is 0 Å². The highest BCUT2D eigenvalue weighted by molar-refractivity contribution is 5.85. The van der Waals surface area contributed by atoms with E-state index in [1.807, 2.05) is 58.0 Å². The fourth-order valence-corrected chi connectivity index (χ4v) is 3.43. The van der Waals surface area contributed by atoms with Crippen molar-refractivity contribution in [2.75, 3.05) is 6.61 Å². The Bertz CT molecular complexity index is 963. The molecule has 1 saturated carbocycles. The Balaban J connectivity index is 1.64. The molecule has 0 heterocycles. The first-order valence-corrected chi connectivity index (χ1v) is 10.4. The summed E-state index contributed by atoms with van der Waals surface area (Å²) in [6.07, 6.45) is 0.655. The average molecular weight is 421 g/mol. The number of rotatable bonds is 9. The molecule has 2 aromatic carbocycles. The van der Waals surface area contributed by atoms with Crippen LogP contribution in [0.1, 0.15) is 39.4 Å². The molecule has 0 aliphatic heterocycles. The first-order chi connectivity index (χ1) is 14.8. The molecule has 6 nitrogen and oxygen atoms in total. The summed E-state index contributed by atoms with van der Waals surface area (Å²) in [5.74, 6) is 0.776. The van der Waals surface area contributed by atoms with Crippen molar-refractivity contribution >= 4 is 12.2 Å². The van der Waals surface area contributed by atoms with E-state index in [0.29, 0.717) is 29.6 Å². The highest BCUT2D eigenvalue weighted by Crippen LogP contribution is 2.58. The van der Waals surface area contributed by atoms with Gasteiger partial charge >= 0.3 is 5.97 Å². The standard InChI is InChI=1S/C25H28N2O4/c1-17(2)16-29-27-15-21-23(25(21,3)4)24(28)31-22(14-26)18-9-8-12-20(13-18)30-19-10-6-5-7-11-19/h5-13,15,17,21-23H,16H2,1-4H3/t21-,22?,23-/m0/s1. The van der Waals surface area contributed by atoms with Crippen molar-refractivity contribution in [2.24, 2.45) is 28.3 Å². The van der Waals surface area contributed by atoms with Crippen molar-refractivity contribution in [1.29, 1.82) is 5.26 Å². The summed E-state index contributed by atoms with van der Waals surface area (Å²) in [7, 11) is 0. The van der Waals surface area contributed by atoms with Gasteiger partial charge in [-0.05, 0) is 35.6 Å². The normalized spacial score (nSPS) is 20.1. The van der Waals surface area contributed by atoms with E-state index in [1.54, 1.807) is 30.5 Å². The molecular weight excluding hydrogens is 392 g/mol. The first kappa shape index (κ1) is 22.4. The third-order valence-electron chi connectivity index (χ3n) is 5.36. The average Bonchev–Trinajstić information content (AvgIpc) is 3.30. The quantitative estimate of drug-likeness (QED) is 0.303. The summed E-state index contributed by atoms with van der Waals surface area (Å²) >= 11 is 0. The molecule has 3 rings (SSSR count). The molecule has 0 saturated heterocycles. The van der Waals surface area contributed by atoms with Crippen LogP contribution in [-0.4, -0.2) is 18.8 Å². The molecule has 1 unspecified atom stereocenters. The predicted molar refractivity (Wildman–Crippen MR) is 117 cm³/mol. The number of nitrogens with zero attached hydrogens (tertiary/aromatic N) is 2. The number of benzene rings is 2. The molecule has 1 fully saturated rings. The van der Waals surface area contributed by atoms with Gasteiger partial charge in [0.05, 0.1) is 5.92 Å². The summed E-state index contributed by atoms with van der Waals surface area (Å²) in [5.41, 5.74) is 0.272. The molecule has 0 aromatic heterocycles. The van der Waals surface area contributed by atoms with Crippen LogP contribution in [0, 0.1) is 34.5 Å². The monoisotopic (exact) mass is 420 g/mol. The minimum atomic E-state index is -1.02. The number of hydrogen-bond donors (Lipinski definition) is 0. The van der Waals surface area contributed by atoms with Gasteiger partial charge in [0.2, 0.25) is 6.10 Å². The molecule has 0 spiro atoms. The number of hydrogen-bond acceptors (Lipinski definition) is 6. The van der Waals surface area contributed by atoms with Gasteiger partial charge in [-0.1, -0.05) is 63.2 Å². The zero-order valence-electron chi connectivity index (χ0n) is 18.3. The van der Waals surface area contributed by atoms with Crippen molar-refractivity contribution in [3.8, 4) is 17.6 Å². The van der Waals surface area contributed by atoms with Crippen molar-refractivity contribution in [3.63, 3.8) is 0 Å².